The molecule has 25 heavy (non-hydrogen) atoms. The minimum absolute atomic E-state index is 0.0660. The van der Waals surface area contributed by atoms with Gasteiger partial charge in [-0.3, -0.25) is 4.79 Å². The van der Waals surface area contributed by atoms with Gasteiger partial charge in [-0.05, 0) is 44.9 Å². The molecule has 0 aliphatic heterocycles. The van der Waals surface area contributed by atoms with Crippen LogP contribution in [0.1, 0.15) is 36.0 Å². The summed E-state index contributed by atoms with van der Waals surface area (Å²) in [5, 5.41) is 11.2. The van der Waals surface area contributed by atoms with E-state index in [-0.39, 0.29) is 12.5 Å². The van der Waals surface area contributed by atoms with Gasteiger partial charge in [0.1, 0.15) is 6.54 Å². The van der Waals surface area contributed by atoms with E-state index in [1.165, 1.54) is 0 Å². The molecule has 1 aromatic carbocycles. The molecule has 0 saturated heterocycles. The van der Waals surface area contributed by atoms with E-state index >= 15 is 0 Å². The Morgan fingerprint density at radius 2 is 2.00 bits per heavy atom. The zero-order chi connectivity index (χ0) is 17.4. The summed E-state index contributed by atoms with van der Waals surface area (Å²) in [4.78, 5) is 12.4. The summed E-state index contributed by atoms with van der Waals surface area (Å²) >= 11 is 0. The second-order valence-corrected chi connectivity index (χ2v) is 6.50. The molecule has 1 saturated carbocycles. The number of aromatic nitrogens is 3. The van der Waals surface area contributed by atoms with Crippen LogP contribution in [0.15, 0.2) is 40.8 Å². The van der Waals surface area contributed by atoms with Crippen LogP contribution in [0.4, 0.5) is 5.69 Å². The number of anilines is 1. The third-order valence-electron chi connectivity index (χ3n) is 4.53. The molecule has 6 nitrogen and oxygen atoms in total. The molecule has 0 spiro atoms. The maximum Gasteiger partial charge on any atom is 0.249 e. The number of hydrogen-bond acceptors (Lipinski definition) is 4. The van der Waals surface area contributed by atoms with Crippen molar-refractivity contribution >= 4 is 11.6 Å². The van der Waals surface area contributed by atoms with Gasteiger partial charge in [0.25, 0.3) is 0 Å². The summed E-state index contributed by atoms with van der Waals surface area (Å²) in [7, 11) is 0. The van der Waals surface area contributed by atoms with Gasteiger partial charge < -0.3 is 14.3 Å². The van der Waals surface area contributed by atoms with Gasteiger partial charge in [-0.25, -0.2) is 0 Å². The van der Waals surface area contributed by atoms with E-state index in [1.807, 2.05) is 54.8 Å². The third-order valence-corrected chi connectivity index (χ3v) is 4.53. The fourth-order valence-corrected chi connectivity index (χ4v) is 2.97. The van der Waals surface area contributed by atoms with Crippen LogP contribution >= 0.6 is 0 Å². The quantitative estimate of drug-likeness (QED) is 0.771. The van der Waals surface area contributed by atoms with Crippen LogP contribution in [0, 0.1) is 13.8 Å². The predicted octanol–water partition coefficient (Wildman–Crippen LogP) is 3.67. The van der Waals surface area contributed by atoms with Gasteiger partial charge in [-0.2, -0.15) is 0 Å². The predicted molar refractivity (Wildman–Crippen MR) is 94.2 cm³/mol. The van der Waals surface area contributed by atoms with E-state index in [0.29, 0.717) is 11.8 Å². The number of rotatable bonds is 5. The third kappa shape index (κ3) is 3.20. The lowest BCUT2D eigenvalue weighted by Gasteiger charge is -2.10. The van der Waals surface area contributed by atoms with Crippen LogP contribution in [0.3, 0.4) is 0 Å². The van der Waals surface area contributed by atoms with Crippen molar-refractivity contribution < 1.29 is 9.21 Å². The van der Waals surface area contributed by atoms with Gasteiger partial charge in [0, 0.05) is 23.0 Å². The molecule has 6 heteroatoms. The van der Waals surface area contributed by atoms with Crippen LogP contribution in [-0.4, -0.2) is 20.7 Å². The van der Waals surface area contributed by atoms with Crippen molar-refractivity contribution in [2.45, 2.75) is 39.2 Å². The van der Waals surface area contributed by atoms with Crippen LogP contribution in [0.25, 0.3) is 11.5 Å². The summed E-state index contributed by atoms with van der Waals surface area (Å²) in [5.41, 5.74) is 3.62. The van der Waals surface area contributed by atoms with E-state index in [4.69, 9.17) is 4.42 Å². The van der Waals surface area contributed by atoms with Gasteiger partial charge in [0.15, 0.2) is 0 Å². The molecule has 0 bridgehead atoms. The lowest BCUT2D eigenvalue weighted by Crippen LogP contribution is -2.20. The fraction of sp³-hybridized carbons (Fsp3) is 0.316. The number of carbonyl (C=O) groups is 1. The van der Waals surface area contributed by atoms with Crippen molar-refractivity contribution in [2.24, 2.45) is 0 Å². The number of para-hydroxylation sites is 1. The molecule has 0 unspecified atom stereocenters. The summed E-state index contributed by atoms with van der Waals surface area (Å²) in [6.45, 7) is 4.19. The zero-order valence-corrected chi connectivity index (χ0v) is 14.3. The fourth-order valence-electron chi connectivity index (χ4n) is 2.97. The van der Waals surface area contributed by atoms with Crippen molar-refractivity contribution in [3.63, 3.8) is 0 Å². The average molecular weight is 336 g/mol. The molecule has 1 N–H and O–H groups in total. The van der Waals surface area contributed by atoms with Crippen LogP contribution in [0.5, 0.6) is 0 Å². The summed E-state index contributed by atoms with van der Waals surface area (Å²) in [6.07, 6.45) is 2.25. The highest BCUT2D eigenvalue weighted by Crippen LogP contribution is 2.40. The molecule has 0 atom stereocenters. The first-order chi connectivity index (χ1) is 12.1. The molecule has 1 aliphatic rings. The first kappa shape index (κ1) is 15.6. The first-order valence-electron chi connectivity index (χ1n) is 8.47. The number of nitrogens with one attached hydrogen (secondary N) is 1. The number of hydrogen-bond donors (Lipinski definition) is 1. The molecule has 3 aromatic rings. The second kappa shape index (κ2) is 6.20. The molecule has 1 aliphatic carbocycles. The number of aryl methyl sites for hydroxylation is 1. The van der Waals surface area contributed by atoms with Crippen molar-refractivity contribution in [2.75, 3.05) is 5.32 Å². The zero-order valence-electron chi connectivity index (χ0n) is 14.3. The molecule has 128 valence electrons. The monoisotopic (exact) mass is 336 g/mol. The Labute approximate surface area is 145 Å². The van der Waals surface area contributed by atoms with E-state index in [9.17, 15) is 4.79 Å². The van der Waals surface area contributed by atoms with Crippen LogP contribution in [-0.2, 0) is 11.3 Å². The lowest BCUT2D eigenvalue weighted by atomic mass is 10.2. The normalized spacial score (nSPS) is 13.8. The van der Waals surface area contributed by atoms with E-state index in [0.717, 1.165) is 41.4 Å². The molecule has 1 amide bonds. The van der Waals surface area contributed by atoms with Crippen molar-refractivity contribution in [1.29, 1.82) is 0 Å². The number of nitrogens with zero attached hydrogens (tertiary/aromatic N) is 3. The van der Waals surface area contributed by atoms with Crippen LogP contribution < -0.4 is 5.32 Å². The molecule has 0 radical (unpaired) electrons. The maximum atomic E-state index is 12.4. The highest BCUT2D eigenvalue weighted by atomic mass is 16.4. The molecule has 2 aromatic heterocycles. The molecule has 2 heterocycles. The summed E-state index contributed by atoms with van der Waals surface area (Å²) < 4.78 is 7.77. The molecule has 1 fully saturated rings. The first-order valence-corrected chi connectivity index (χ1v) is 8.47. The lowest BCUT2D eigenvalue weighted by molar-refractivity contribution is -0.116. The Balaban J connectivity index is 1.53. The number of carbonyl (C=O) groups excluding carboxylic acids is 1. The summed E-state index contributed by atoms with van der Waals surface area (Å²) in [5.74, 6) is 1.62. The highest BCUT2D eigenvalue weighted by molar-refractivity contribution is 5.90. The van der Waals surface area contributed by atoms with Gasteiger partial charge in [-0.1, -0.05) is 18.2 Å². The van der Waals surface area contributed by atoms with Gasteiger partial charge in [0.2, 0.25) is 17.7 Å². The number of amides is 1. The van der Waals surface area contributed by atoms with Gasteiger partial charge >= 0.3 is 0 Å². The van der Waals surface area contributed by atoms with Crippen LogP contribution in [0.2, 0.25) is 0 Å². The Hall–Kier alpha value is -2.89. The highest BCUT2D eigenvalue weighted by Gasteiger charge is 2.30. The topological polar surface area (TPSA) is 73.0 Å². The van der Waals surface area contributed by atoms with Gasteiger partial charge in [0.05, 0.1) is 5.56 Å². The van der Waals surface area contributed by atoms with Gasteiger partial charge in [-0.15, -0.1) is 10.2 Å². The van der Waals surface area contributed by atoms with Crippen molar-refractivity contribution in [3.8, 4) is 11.5 Å². The van der Waals surface area contributed by atoms with E-state index in [1.54, 1.807) is 0 Å². The minimum atomic E-state index is -0.0660. The molecular weight excluding hydrogens is 316 g/mol. The SMILES string of the molecule is Cc1cc(-c2nnc(C3CC3)o2)c(C)n1CC(=O)Nc1ccccc1. The Kier molecular flexibility index (Phi) is 3.87. The standard InChI is InChI=1S/C19H20N4O2/c1-12-10-16(19-22-21-18(25-19)14-8-9-14)13(2)23(12)11-17(24)20-15-6-4-3-5-7-15/h3-7,10,14H,8-9,11H2,1-2H3,(H,20,24). The Morgan fingerprint density at radius 3 is 2.72 bits per heavy atom. The second-order valence-electron chi connectivity index (χ2n) is 6.50. The largest absolute Gasteiger partial charge is 0.420 e. The van der Waals surface area contributed by atoms with Crippen molar-refractivity contribution in [1.82, 2.24) is 14.8 Å². The molecule has 4 rings (SSSR count). The average Bonchev–Trinajstić information content (AvgIpc) is 3.28. The molecular formula is C19H20N4O2. The maximum absolute atomic E-state index is 12.4. The van der Waals surface area contributed by atoms with E-state index < -0.39 is 0 Å². The summed E-state index contributed by atoms with van der Waals surface area (Å²) in [6, 6.07) is 11.4. The number of benzene rings is 1. The Morgan fingerprint density at radius 1 is 1.24 bits per heavy atom. The Bertz CT molecular complexity index is 907. The smallest absolute Gasteiger partial charge is 0.249 e. The van der Waals surface area contributed by atoms with Crippen molar-refractivity contribution in [3.05, 3.63) is 53.7 Å². The minimum Gasteiger partial charge on any atom is -0.420 e. The van der Waals surface area contributed by atoms with E-state index in [2.05, 4.69) is 15.5 Å².